The number of halogens is 1. The number of phenols is 1. The third-order valence-electron chi connectivity index (χ3n) is 3.44. The Labute approximate surface area is 106 Å². The van der Waals surface area contributed by atoms with E-state index in [1.165, 1.54) is 25.0 Å². The van der Waals surface area contributed by atoms with Crippen molar-refractivity contribution in [3.63, 3.8) is 0 Å². The van der Waals surface area contributed by atoms with Crippen molar-refractivity contribution in [1.82, 2.24) is 0 Å². The summed E-state index contributed by atoms with van der Waals surface area (Å²) in [5, 5.41) is 11.7. The van der Waals surface area contributed by atoms with Crippen LogP contribution in [0.2, 0.25) is 0 Å². The van der Waals surface area contributed by atoms with E-state index in [1.807, 2.05) is 0 Å². The number of hydrogen-bond donors (Lipinski definition) is 2. The number of carbonyl (C=O) groups is 1. The molecule has 1 amide bonds. The number of rotatable bonds is 2. The second-order valence-corrected chi connectivity index (χ2v) is 4.84. The van der Waals surface area contributed by atoms with Crippen LogP contribution in [0.15, 0.2) is 18.2 Å². The molecule has 1 aromatic carbocycles. The van der Waals surface area contributed by atoms with Crippen molar-refractivity contribution in [2.24, 2.45) is 5.92 Å². The van der Waals surface area contributed by atoms with Gasteiger partial charge in [0.2, 0.25) is 5.91 Å². The van der Waals surface area contributed by atoms with Crippen molar-refractivity contribution in [2.45, 2.75) is 38.5 Å². The molecular weight excluding hydrogens is 233 g/mol. The quantitative estimate of drug-likeness (QED) is 0.625. The maximum atomic E-state index is 13.5. The van der Waals surface area contributed by atoms with Gasteiger partial charge in [-0.05, 0) is 25.0 Å². The minimum absolute atomic E-state index is 0.0132. The van der Waals surface area contributed by atoms with Crippen LogP contribution < -0.4 is 5.32 Å². The van der Waals surface area contributed by atoms with Gasteiger partial charge in [0, 0.05) is 12.0 Å². The van der Waals surface area contributed by atoms with Gasteiger partial charge in [0.05, 0.1) is 5.69 Å². The Bertz CT molecular complexity index is 426. The van der Waals surface area contributed by atoms with Crippen LogP contribution in [0, 0.1) is 11.7 Å². The van der Waals surface area contributed by atoms with Crippen LogP contribution in [0.1, 0.15) is 38.5 Å². The first kappa shape index (κ1) is 12.9. The van der Waals surface area contributed by atoms with Gasteiger partial charge in [0.1, 0.15) is 11.6 Å². The molecule has 0 heterocycles. The Morgan fingerprint density at radius 2 is 1.89 bits per heavy atom. The lowest BCUT2D eigenvalue weighted by Crippen LogP contribution is -2.22. The van der Waals surface area contributed by atoms with E-state index in [-0.39, 0.29) is 23.3 Å². The fraction of sp³-hybridized carbons (Fsp3) is 0.500. The molecule has 2 rings (SSSR count). The summed E-state index contributed by atoms with van der Waals surface area (Å²) in [7, 11) is 0. The van der Waals surface area contributed by atoms with Crippen LogP contribution in [0.25, 0.3) is 0 Å². The van der Waals surface area contributed by atoms with Gasteiger partial charge in [-0.15, -0.1) is 0 Å². The first-order valence-electron chi connectivity index (χ1n) is 6.46. The number of amides is 1. The van der Waals surface area contributed by atoms with Gasteiger partial charge < -0.3 is 10.4 Å². The molecule has 0 bridgehead atoms. The molecule has 1 aromatic rings. The summed E-state index contributed by atoms with van der Waals surface area (Å²) in [6, 6.07) is 3.76. The van der Waals surface area contributed by atoms with E-state index in [9.17, 15) is 9.18 Å². The lowest BCUT2D eigenvalue weighted by molar-refractivity contribution is -0.120. The number of aromatic hydroxyl groups is 1. The van der Waals surface area contributed by atoms with E-state index in [2.05, 4.69) is 5.32 Å². The molecule has 0 spiro atoms. The van der Waals surface area contributed by atoms with Crippen molar-refractivity contribution >= 4 is 11.6 Å². The van der Waals surface area contributed by atoms with E-state index in [1.54, 1.807) is 0 Å². The van der Waals surface area contributed by atoms with Gasteiger partial charge in [-0.1, -0.05) is 25.7 Å². The van der Waals surface area contributed by atoms with E-state index >= 15 is 0 Å². The summed E-state index contributed by atoms with van der Waals surface area (Å²) in [6.45, 7) is 0. The SMILES string of the molecule is O=C(Nc1ccc(O)cc1F)C1CCCCCC1. The highest BCUT2D eigenvalue weighted by Gasteiger charge is 2.20. The topological polar surface area (TPSA) is 49.3 Å². The molecule has 1 fully saturated rings. The smallest absolute Gasteiger partial charge is 0.227 e. The zero-order valence-electron chi connectivity index (χ0n) is 10.3. The Balaban J connectivity index is 2.01. The van der Waals surface area contributed by atoms with Crippen molar-refractivity contribution in [3.8, 4) is 5.75 Å². The molecule has 0 aromatic heterocycles. The number of hydrogen-bond acceptors (Lipinski definition) is 2. The second-order valence-electron chi connectivity index (χ2n) is 4.84. The molecular formula is C14H18FNO2. The lowest BCUT2D eigenvalue weighted by Gasteiger charge is -2.14. The monoisotopic (exact) mass is 251 g/mol. The summed E-state index contributed by atoms with van der Waals surface area (Å²) in [5.74, 6) is -0.862. The molecule has 0 unspecified atom stereocenters. The molecule has 1 aliphatic rings. The van der Waals surface area contributed by atoms with Gasteiger partial charge >= 0.3 is 0 Å². The minimum Gasteiger partial charge on any atom is -0.508 e. The number of benzene rings is 1. The molecule has 18 heavy (non-hydrogen) atoms. The van der Waals surface area contributed by atoms with E-state index in [0.29, 0.717) is 0 Å². The van der Waals surface area contributed by atoms with E-state index in [4.69, 9.17) is 5.11 Å². The van der Waals surface area contributed by atoms with Crippen LogP contribution in [-0.4, -0.2) is 11.0 Å². The van der Waals surface area contributed by atoms with Crippen LogP contribution in [0.5, 0.6) is 5.75 Å². The van der Waals surface area contributed by atoms with Crippen molar-refractivity contribution in [3.05, 3.63) is 24.0 Å². The molecule has 0 aliphatic heterocycles. The van der Waals surface area contributed by atoms with E-state index < -0.39 is 5.82 Å². The highest BCUT2D eigenvalue weighted by atomic mass is 19.1. The van der Waals surface area contributed by atoms with Crippen molar-refractivity contribution < 1.29 is 14.3 Å². The number of carbonyl (C=O) groups excluding carboxylic acids is 1. The molecule has 3 nitrogen and oxygen atoms in total. The predicted molar refractivity (Wildman–Crippen MR) is 67.9 cm³/mol. The molecule has 1 saturated carbocycles. The fourth-order valence-corrected chi connectivity index (χ4v) is 2.38. The summed E-state index contributed by atoms with van der Waals surface area (Å²) in [5.41, 5.74) is 0.141. The lowest BCUT2D eigenvalue weighted by atomic mass is 9.99. The second kappa shape index (κ2) is 5.85. The maximum absolute atomic E-state index is 13.5. The van der Waals surface area contributed by atoms with Crippen molar-refractivity contribution in [2.75, 3.05) is 5.32 Å². The molecule has 0 saturated heterocycles. The average Bonchev–Trinajstić information content (AvgIpc) is 2.61. The molecule has 0 atom stereocenters. The Morgan fingerprint density at radius 1 is 1.22 bits per heavy atom. The summed E-state index contributed by atoms with van der Waals surface area (Å²) in [6.07, 6.45) is 6.25. The largest absolute Gasteiger partial charge is 0.508 e. The zero-order chi connectivity index (χ0) is 13.0. The summed E-state index contributed by atoms with van der Waals surface area (Å²) < 4.78 is 13.5. The standard InChI is InChI=1S/C14H18FNO2/c15-12-9-11(17)7-8-13(12)16-14(18)10-5-3-1-2-4-6-10/h7-10,17H,1-6H2,(H,16,18). The van der Waals surface area contributed by atoms with Gasteiger partial charge in [-0.2, -0.15) is 0 Å². The van der Waals surface area contributed by atoms with Gasteiger partial charge in [-0.25, -0.2) is 4.39 Å². The first-order valence-corrected chi connectivity index (χ1v) is 6.46. The third kappa shape index (κ3) is 3.22. The van der Waals surface area contributed by atoms with Gasteiger partial charge in [-0.3, -0.25) is 4.79 Å². The predicted octanol–water partition coefficient (Wildman–Crippen LogP) is 3.44. The highest BCUT2D eigenvalue weighted by molar-refractivity contribution is 5.92. The Kier molecular flexibility index (Phi) is 4.18. The Hall–Kier alpha value is -1.58. The molecule has 98 valence electrons. The maximum Gasteiger partial charge on any atom is 0.227 e. The van der Waals surface area contributed by atoms with Crippen molar-refractivity contribution in [1.29, 1.82) is 0 Å². The third-order valence-corrected chi connectivity index (χ3v) is 3.44. The fourth-order valence-electron chi connectivity index (χ4n) is 2.38. The van der Waals surface area contributed by atoms with Gasteiger partial charge in [0.25, 0.3) is 0 Å². The number of nitrogens with one attached hydrogen (secondary N) is 1. The van der Waals surface area contributed by atoms with Crippen LogP contribution in [-0.2, 0) is 4.79 Å². The normalized spacial score (nSPS) is 17.2. The van der Waals surface area contributed by atoms with Gasteiger partial charge in [0.15, 0.2) is 0 Å². The number of anilines is 1. The minimum atomic E-state index is -0.600. The zero-order valence-corrected chi connectivity index (χ0v) is 10.3. The highest BCUT2D eigenvalue weighted by Crippen LogP contribution is 2.25. The van der Waals surface area contributed by atoms with E-state index in [0.717, 1.165) is 31.7 Å². The molecule has 4 heteroatoms. The molecule has 2 N–H and O–H groups in total. The van der Waals surface area contributed by atoms with Crippen LogP contribution in [0.4, 0.5) is 10.1 Å². The number of phenolic OH excluding ortho intramolecular Hbond substituents is 1. The molecule has 1 aliphatic carbocycles. The molecule has 0 radical (unpaired) electrons. The summed E-state index contributed by atoms with van der Waals surface area (Å²) in [4.78, 5) is 12.0. The Morgan fingerprint density at radius 3 is 2.50 bits per heavy atom. The van der Waals surface area contributed by atoms with Crippen LogP contribution >= 0.6 is 0 Å². The summed E-state index contributed by atoms with van der Waals surface area (Å²) >= 11 is 0. The average molecular weight is 251 g/mol. The first-order chi connectivity index (χ1) is 8.66. The van der Waals surface area contributed by atoms with Crippen LogP contribution in [0.3, 0.4) is 0 Å².